The fraction of sp³-hybridized carbons (Fsp3) is 0.357. The van der Waals surface area contributed by atoms with Crippen LogP contribution in [0.3, 0.4) is 0 Å². The van der Waals surface area contributed by atoms with Gasteiger partial charge in [-0.15, -0.1) is 10.2 Å². The molecule has 0 aliphatic carbocycles. The lowest BCUT2D eigenvalue weighted by atomic mass is 10.1. The first-order valence-corrected chi connectivity index (χ1v) is 9.36. The lowest BCUT2D eigenvalue weighted by Crippen LogP contribution is -2.30. The topological polar surface area (TPSA) is 92.3 Å². The third-order valence-electron chi connectivity index (χ3n) is 3.28. The van der Waals surface area contributed by atoms with Crippen molar-refractivity contribution in [1.82, 2.24) is 14.5 Å². The van der Waals surface area contributed by atoms with Gasteiger partial charge in [-0.3, -0.25) is 10.1 Å². The number of nitrogens with one attached hydrogen (secondary N) is 1. The molecule has 2 rings (SSSR count). The molecule has 0 bridgehead atoms. The minimum absolute atomic E-state index is 0.124. The van der Waals surface area contributed by atoms with Crippen LogP contribution in [-0.2, 0) is 10.0 Å². The van der Waals surface area contributed by atoms with Gasteiger partial charge in [0, 0.05) is 18.7 Å². The first kappa shape index (κ1) is 17.5. The van der Waals surface area contributed by atoms with Crippen LogP contribution in [0.25, 0.3) is 0 Å². The van der Waals surface area contributed by atoms with Crippen LogP contribution in [0, 0.1) is 6.92 Å². The monoisotopic (exact) mass is 354 g/mol. The highest BCUT2D eigenvalue weighted by molar-refractivity contribution is 7.91. The van der Waals surface area contributed by atoms with Crippen molar-refractivity contribution in [3.8, 4) is 0 Å². The van der Waals surface area contributed by atoms with E-state index in [9.17, 15) is 13.2 Å². The molecular weight excluding hydrogens is 336 g/mol. The highest BCUT2D eigenvalue weighted by atomic mass is 32.2. The van der Waals surface area contributed by atoms with Crippen LogP contribution in [0.15, 0.2) is 28.6 Å². The summed E-state index contributed by atoms with van der Waals surface area (Å²) in [5.41, 5.74) is 1.33. The third-order valence-corrected chi connectivity index (χ3v) is 6.52. The number of hydrogen-bond acceptors (Lipinski definition) is 6. The highest BCUT2D eigenvalue weighted by Crippen LogP contribution is 2.23. The van der Waals surface area contributed by atoms with Gasteiger partial charge in [-0.2, -0.15) is 4.31 Å². The molecule has 0 spiro atoms. The Morgan fingerprint density at radius 3 is 2.48 bits per heavy atom. The minimum atomic E-state index is -3.66. The molecule has 23 heavy (non-hydrogen) atoms. The smallest absolute Gasteiger partial charge is 0.272 e. The summed E-state index contributed by atoms with van der Waals surface area (Å²) in [5.74, 6) is -0.342. The van der Waals surface area contributed by atoms with E-state index in [2.05, 4.69) is 15.5 Å². The predicted octanol–water partition coefficient (Wildman–Crippen LogP) is 2.13. The van der Waals surface area contributed by atoms with E-state index >= 15 is 0 Å². The summed E-state index contributed by atoms with van der Waals surface area (Å²) in [4.78, 5) is 12.2. The summed E-state index contributed by atoms with van der Waals surface area (Å²) >= 11 is 0.844. The molecule has 2 aromatic rings. The fourth-order valence-electron chi connectivity index (χ4n) is 2.03. The molecule has 0 atom stereocenters. The number of amides is 1. The van der Waals surface area contributed by atoms with Gasteiger partial charge in [-0.25, -0.2) is 8.42 Å². The van der Waals surface area contributed by atoms with Crippen LogP contribution in [0.1, 0.15) is 29.8 Å². The van der Waals surface area contributed by atoms with Crippen molar-refractivity contribution in [3.63, 3.8) is 0 Å². The van der Waals surface area contributed by atoms with Crippen LogP contribution in [0.5, 0.6) is 0 Å². The normalized spacial score (nSPS) is 11.7. The minimum Gasteiger partial charge on any atom is -0.296 e. The largest absolute Gasteiger partial charge is 0.296 e. The summed E-state index contributed by atoms with van der Waals surface area (Å²) in [7, 11) is -3.66. The summed E-state index contributed by atoms with van der Waals surface area (Å²) in [6, 6.07) is 7.12. The Morgan fingerprint density at radius 1 is 1.22 bits per heavy atom. The fourth-order valence-corrected chi connectivity index (χ4v) is 4.52. The van der Waals surface area contributed by atoms with Gasteiger partial charge in [0.25, 0.3) is 15.9 Å². The zero-order valence-corrected chi connectivity index (χ0v) is 14.7. The Kier molecular flexibility index (Phi) is 5.45. The van der Waals surface area contributed by atoms with E-state index in [-0.39, 0.29) is 15.4 Å². The van der Waals surface area contributed by atoms with Gasteiger partial charge in [0.1, 0.15) is 0 Å². The van der Waals surface area contributed by atoms with Gasteiger partial charge in [0.2, 0.25) is 9.47 Å². The molecule has 1 aromatic heterocycles. The zero-order valence-electron chi connectivity index (χ0n) is 13.1. The Hall–Kier alpha value is -1.84. The van der Waals surface area contributed by atoms with Gasteiger partial charge < -0.3 is 0 Å². The number of aromatic nitrogens is 2. The van der Waals surface area contributed by atoms with Crippen LogP contribution >= 0.6 is 11.3 Å². The molecule has 0 aliphatic heterocycles. The maximum atomic E-state index is 12.3. The summed E-state index contributed by atoms with van der Waals surface area (Å²) in [6.07, 6.45) is 0. The molecule has 1 N–H and O–H groups in total. The molecule has 1 amide bonds. The Bertz CT molecular complexity index is 798. The summed E-state index contributed by atoms with van der Waals surface area (Å²) in [5, 5.41) is 10.2. The lowest BCUT2D eigenvalue weighted by Gasteiger charge is -2.15. The van der Waals surface area contributed by atoms with E-state index in [0.717, 1.165) is 16.9 Å². The quantitative estimate of drug-likeness (QED) is 0.802. The second-order valence-electron chi connectivity index (χ2n) is 4.73. The molecule has 0 unspecified atom stereocenters. The molecule has 124 valence electrons. The van der Waals surface area contributed by atoms with Gasteiger partial charge in [0.05, 0.1) is 0 Å². The SMILES string of the molecule is CCN(CC)S(=O)(=O)c1nnc(NC(=O)c2ccccc2C)s1. The van der Waals surface area contributed by atoms with Crippen molar-refractivity contribution in [1.29, 1.82) is 0 Å². The molecule has 9 heteroatoms. The van der Waals surface area contributed by atoms with Crippen LogP contribution in [0.4, 0.5) is 5.13 Å². The van der Waals surface area contributed by atoms with Crippen molar-refractivity contribution in [3.05, 3.63) is 35.4 Å². The van der Waals surface area contributed by atoms with Crippen molar-refractivity contribution >= 4 is 32.4 Å². The summed E-state index contributed by atoms with van der Waals surface area (Å²) in [6.45, 7) is 6.03. The van der Waals surface area contributed by atoms with Crippen molar-refractivity contribution < 1.29 is 13.2 Å². The maximum absolute atomic E-state index is 12.3. The number of carbonyl (C=O) groups excluding carboxylic acids is 1. The Labute approximate surface area is 139 Å². The van der Waals surface area contributed by atoms with E-state index in [4.69, 9.17) is 0 Å². The number of sulfonamides is 1. The average molecular weight is 354 g/mol. The van der Waals surface area contributed by atoms with Gasteiger partial charge in [0.15, 0.2) is 0 Å². The lowest BCUT2D eigenvalue weighted by molar-refractivity contribution is 0.102. The van der Waals surface area contributed by atoms with Gasteiger partial charge in [-0.1, -0.05) is 43.4 Å². The maximum Gasteiger partial charge on any atom is 0.272 e. The van der Waals surface area contributed by atoms with E-state index in [0.29, 0.717) is 18.7 Å². The number of nitrogens with zero attached hydrogens (tertiary/aromatic N) is 3. The molecule has 0 saturated carbocycles. The van der Waals surface area contributed by atoms with Crippen LogP contribution in [-0.4, -0.2) is 41.9 Å². The highest BCUT2D eigenvalue weighted by Gasteiger charge is 2.26. The van der Waals surface area contributed by atoms with E-state index in [1.54, 1.807) is 26.0 Å². The summed E-state index contributed by atoms with van der Waals surface area (Å²) < 4.78 is 25.8. The molecule has 0 aliphatic rings. The second-order valence-corrected chi connectivity index (χ2v) is 7.82. The first-order valence-electron chi connectivity index (χ1n) is 7.10. The van der Waals surface area contributed by atoms with Gasteiger partial charge in [-0.05, 0) is 18.6 Å². The number of aryl methyl sites for hydroxylation is 1. The molecule has 1 heterocycles. The van der Waals surface area contributed by atoms with Crippen molar-refractivity contribution in [2.45, 2.75) is 25.1 Å². The van der Waals surface area contributed by atoms with Crippen LogP contribution < -0.4 is 5.32 Å². The zero-order chi connectivity index (χ0) is 17.0. The van der Waals surface area contributed by atoms with Crippen molar-refractivity contribution in [2.24, 2.45) is 0 Å². The molecule has 0 radical (unpaired) electrons. The molecular formula is C14H18N4O3S2. The Balaban J connectivity index is 2.20. The third kappa shape index (κ3) is 3.74. The van der Waals surface area contributed by atoms with Gasteiger partial charge >= 0.3 is 0 Å². The van der Waals surface area contributed by atoms with E-state index in [1.165, 1.54) is 4.31 Å². The molecule has 1 aromatic carbocycles. The average Bonchev–Trinajstić information content (AvgIpc) is 2.98. The number of hydrogen-bond donors (Lipinski definition) is 1. The Morgan fingerprint density at radius 2 is 1.87 bits per heavy atom. The standard InChI is InChI=1S/C14H18N4O3S2/c1-4-18(5-2)23(20,21)14-17-16-13(22-14)15-12(19)11-9-7-6-8-10(11)3/h6-9H,4-5H2,1-3H3,(H,15,16,19). The molecule has 7 nitrogen and oxygen atoms in total. The van der Waals surface area contributed by atoms with Crippen molar-refractivity contribution in [2.75, 3.05) is 18.4 Å². The predicted molar refractivity (Wildman–Crippen MR) is 89.1 cm³/mol. The number of anilines is 1. The molecule has 0 fully saturated rings. The van der Waals surface area contributed by atoms with Crippen LogP contribution in [0.2, 0.25) is 0 Å². The number of rotatable bonds is 6. The number of benzene rings is 1. The number of carbonyl (C=O) groups is 1. The first-order chi connectivity index (χ1) is 10.9. The van der Waals surface area contributed by atoms with E-state index in [1.807, 2.05) is 19.1 Å². The molecule has 0 saturated heterocycles. The van der Waals surface area contributed by atoms with E-state index < -0.39 is 10.0 Å². The second kappa shape index (κ2) is 7.16.